The number of alkyl halides is 3. The molecule has 3 aliphatic rings. The third kappa shape index (κ3) is 6.11. The third-order valence-corrected chi connectivity index (χ3v) is 6.12. The van der Waals surface area contributed by atoms with Gasteiger partial charge in [-0.15, -0.1) is 0 Å². The molecule has 32 heavy (non-hydrogen) atoms. The average molecular weight is 452 g/mol. The number of nitrogens with one attached hydrogen (secondary N) is 3. The van der Waals surface area contributed by atoms with Crippen molar-refractivity contribution in [1.29, 1.82) is 0 Å². The molecule has 4 rings (SSSR count). The Kier molecular flexibility index (Phi) is 6.88. The Morgan fingerprint density at radius 1 is 1.06 bits per heavy atom. The minimum Gasteiger partial charge on any atom is -0.353 e. The van der Waals surface area contributed by atoms with Gasteiger partial charge in [0.25, 0.3) is 0 Å². The lowest BCUT2D eigenvalue weighted by Crippen LogP contribution is -2.55. The number of piperidine rings is 1. The van der Waals surface area contributed by atoms with Crippen molar-refractivity contribution in [1.82, 2.24) is 25.8 Å². The molecule has 3 heterocycles. The summed E-state index contributed by atoms with van der Waals surface area (Å²) in [5.41, 5.74) is -0.768. The number of hydrogen-bond donors (Lipinski definition) is 3. The lowest BCUT2D eigenvalue weighted by molar-refractivity contribution is -0.141. The number of guanidine groups is 2. The molecule has 176 valence electrons. The second kappa shape index (κ2) is 9.64. The van der Waals surface area contributed by atoms with Crippen LogP contribution in [0.5, 0.6) is 0 Å². The van der Waals surface area contributed by atoms with Crippen molar-refractivity contribution in [3.63, 3.8) is 0 Å². The maximum Gasteiger partial charge on any atom is 0.433 e. The molecule has 3 N–H and O–H groups in total. The van der Waals surface area contributed by atoms with Gasteiger partial charge in [0.05, 0.1) is 5.69 Å². The molecule has 3 atom stereocenters. The standard InChI is InChI=1S/C22H32F3N7/c1-14(13-32-11-4-3-5-12-32)26-20-29-19(17-7-6-8-18(28-17)22(23,24)25)30-21(31-20)27-15(2)16-9-10-16/h6-8,14-16,19H,3-5,9-13H2,1-2H3,(H3,26,27,29,30,31)/t14?,15-,19?/m1/s1. The maximum atomic E-state index is 13.2. The summed E-state index contributed by atoms with van der Waals surface area (Å²) >= 11 is 0. The second-order valence-electron chi connectivity index (χ2n) is 9.08. The van der Waals surface area contributed by atoms with E-state index in [9.17, 15) is 13.2 Å². The number of halogens is 3. The molecule has 1 aromatic rings. The number of rotatable bonds is 6. The molecular formula is C22H32F3N7. The quantitative estimate of drug-likeness (QED) is 0.619. The van der Waals surface area contributed by atoms with Crippen LogP contribution in [0.2, 0.25) is 0 Å². The molecule has 0 spiro atoms. The van der Waals surface area contributed by atoms with E-state index < -0.39 is 18.0 Å². The van der Waals surface area contributed by atoms with E-state index in [1.807, 2.05) is 0 Å². The largest absolute Gasteiger partial charge is 0.433 e. The summed E-state index contributed by atoms with van der Waals surface area (Å²) in [7, 11) is 0. The predicted octanol–water partition coefficient (Wildman–Crippen LogP) is 3.27. The first-order chi connectivity index (χ1) is 15.3. The van der Waals surface area contributed by atoms with Crippen LogP contribution < -0.4 is 16.0 Å². The van der Waals surface area contributed by atoms with Crippen molar-refractivity contribution in [3.05, 3.63) is 29.6 Å². The number of hydrogen-bond acceptors (Lipinski definition) is 7. The minimum absolute atomic E-state index is 0.120. The molecule has 0 aromatic carbocycles. The molecule has 0 amide bonds. The summed E-state index contributed by atoms with van der Waals surface area (Å²) in [5.74, 6) is 1.61. The fourth-order valence-corrected chi connectivity index (χ4v) is 4.22. The van der Waals surface area contributed by atoms with E-state index in [-0.39, 0.29) is 17.8 Å². The van der Waals surface area contributed by atoms with Gasteiger partial charge in [0.1, 0.15) is 5.69 Å². The van der Waals surface area contributed by atoms with Crippen LogP contribution in [0.15, 0.2) is 28.2 Å². The number of pyridine rings is 1. The van der Waals surface area contributed by atoms with Gasteiger partial charge in [0.2, 0.25) is 11.9 Å². The molecule has 7 nitrogen and oxygen atoms in total. The van der Waals surface area contributed by atoms with Gasteiger partial charge in [-0.3, -0.25) is 5.32 Å². The Balaban J connectivity index is 1.50. The molecule has 0 bridgehead atoms. The van der Waals surface area contributed by atoms with E-state index in [0.717, 1.165) is 25.7 Å². The normalized spacial score (nSPS) is 24.1. The zero-order chi connectivity index (χ0) is 22.7. The van der Waals surface area contributed by atoms with Gasteiger partial charge in [-0.2, -0.15) is 13.2 Å². The number of aliphatic imine (C=N–C) groups is 2. The Morgan fingerprint density at radius 2 is 1.75 bits per heavy atom. The van der Waals surface area contributed by atoms with Gasteiger partial charge < -0.3 is 15.5 Å². The number of aromatic nitrogens is 1. The highest BCUT2D eigenvalue weighted by Crippen LogP contribution is 2.32. The van der Waals surface area contributed by atoms with Crippen molar-refractivity contribution in [2.24, 2.45) is 15.9 Å². The molecule has 2 unspecified atom stereocenters. The van der Waals surface area contributed by atoms with Crippen LogP contribution in [0.25, 0.3) is 0 Å². The van der Waals surface area contributed by atoms with Gasteiger partial charge in [-0.1, -0.05) is 12.5 Å². The van der Waals surface area contributed by atoms with E-state index in [1.165, 1.54) is 44.2 Å². The first kappa shape index (κ1) is 22.8. The summed E-state index contributed by atoms with van der Waals surface area (Å²) in [6.07, 6.45) is 0.699. The van der Waals surface area contributed by atoms with Crippen LogP contribution in [0.1, 0.15) is 63.5 Å². The first-order valence-corrected chi connectivity index (χ1v) is 11.5. The Labute approximate surface area is 187 Å². The van der Waals surface area contributed by atoms with E-state index in [0.29, 0.717) is 17.8 Å². The molecule has 10 heteroatoms. The van der Waals surface area contributed by atoms with Gasteiger partial charge in [0.15, 0.2) is 6.17 Å². The lowest BCUT2D eigenvalue weighted by Gasteiger charge is -2.31. The Morgan fingerprint density at radius 3 is 2.41 bits per heavy atom. The average Bonchev–Trinajstić information content (AvgIpc) is 3.59. The molecule has 1 saturated heterocycles. The minimum atomic E-state index is -4.51. The van der Waals surface area contributed by atoms with Crippen LogP contribution in [0.4, 0.5) is 13.2 Å². The third-order valence-electron chi connectivity index (χ3n) is 6.12. The number of nitrogens with zero attached hydrogens (tertiary/aromatic N) is 4. The summed E-state index contributed by atoms with van der Waals surface area (Å²) in [6, 6.07) is 4.20. The van der Waals surface area contributed by atoms with Crippen molar-refractivity contribution in [2.75, 3.05) is 19.6 Å². The number of likely N-dealkylation sites (tertiary alicyclic amines) is 1. The van der Waals surface area contributed by atoms with Crippen molar-refractivity contribution in [3.8, 4) is 0 Å². The monoisotopic (exact) mass is 451 g/mol. The highest BCUT2D eigenvalue weighted by molar-refractivity contribution is 6.00. The summed E-state index contributed by atoms with van der Waals surface area (Å²) in [4.78, 5) is 15.3. The van der Waals surface area contributed by atoms with Crippen molar-refractivity contribution >= 4 is 11.9 Å². The second-order valence-corrected chi connectivity index (χ2v) is 9.08. The fourth-order valence-electron chi connectivity index (χ4n) is 4.22. The van der Waals surface area contributed by atoms with E-state index >= 15 is 0 Å². The summed E-state index contributed by atoms with van der Waals surface area (Å²) in [5, 5.41) is 9.94. The zero-order valence-electron chi connectivity index (χ0n) is 18.6. The van der Waals surface area contributed by atoms with Gasteiger partial charge >= 0.3 is 6.18 Å². The SMILES string of the molecule is CC(CN1CCCCC1)NC1=NC(c2cccc(C(F)(F)F)n2)N=C(N[C@H](C)C2CC2)N1. The highest BCUT2D eigenvalue weighted by Gasteiger charge is 2.34. The smallest absolute Gasteiger partial charge is 0.353 e. The molecule has 2 fully saturated rings. The van der Waals surface area contributed by atoms with Crippen LogP contribution in [-0.4, -0.2) is 53.5 Å². The zero-order valence-corrected chi connectivity index (χ0v) is 18.6. The van der Waals surface area contributed by atoms with Crippen LogP contribution in [0, 0.1) is 5.92 Å². The van der Waals surface area contributed by atoms with Gasteiger partial charge in [-0.05, 0) is 70.7 Å². The van der Waals surface area contributed by atoms with Crippen LogP contribution >= 0.6 is 0 Å². The summed E-state index contributed by atoms with van der Waals surface area (Å²) in [6.45, 7) is 7.25. The molecule has 0 radical (unpaired) electrons. The lowest BCUT2D eigenvalue weighted by atomic mass is 10.1. The topological polar surface area (TPSA) is 76.9 Å². The van der Waals surface area contributed by atoms with Gasteiger partial charge in [-0.25, -0.2) is 15.0 Å². The molecule has 2 aliphatic heterocycles. The molecule has 1 aromatic heterocycles. The maximum absolute atomic E-state index is 13.2. The Hall–Kier alpha value is -2.36. The molecule has 1 aliphatic carbocycles. The van der Waals surface area contributed by atoms with E-state index in [1.54, 1.807) is 0 Å². The van der Waals surface area contributed by atoms with Crippen LogP contribution in [-0.2, 0) is 6.18 Å². The first-order valence-electron chi connectivity index (χ1n) is 11.5. The van der Waals surface area contributed by atoms with E-state index in [2.05, 4.69) is 49.7 Å². The summed E-state index contributed by atoms with van der Waals surface area (Å²) < 4.78 is 39.5. The Bertz CT molecular complexity index is 844. The van der Waals surface area contributed by atoms with E-state index in [4.69, 9.17) is 0 Å². The highest BCUT2D eigenvalue weighted by atomic mass is 19.4. The fraction of sp³-hybridized carbons (Fsp3) is 0.682. The molecular weight excluding hydrogens is 419 g/mol. The predicted molar refractivity (Wildman–Crippen MR) is 118 cm³/mol. The van der Waals surface area contributed by atoms with Crippen molar-refractivity contribution in [2.45, 2.75) is 70.4 Å². The van der Waals surface area contributed by atoms with Crippen molar-refractivity contribution < 1.29 is 13.2 Å². The van der Waals surface area contributed by atoms with Gasteiger partial charge in [0, 0.05) is 18.6 Å². The molecule has 1 saturated carbocycles. The van der Waals surface area contributed by atoms with Crippen LogP contribution in [0.3, 0.4) is 0 Å².